The molecule has 0 aliphatic rings. The zero-order valence-electron chi connectivity index (χ0n) is 13.6. The first-order chi connectivity index (χ1) is 12.2. The van der Waals surface area contributed by atoms with Crippen LogP contribution in [0.5, 0.6) is 0 Å². The maximum atomic E-state index is 12.4. The van der Waals surface area contributed by atoms with E-state index in [2.05, 4.69) is 15.6 Å². The first-order valence-electron chi connectivity index (χ1n) is 7.86. The Bertz CT molecular complexity index is 1020. The van der Waals surface area contributed by atoms with Crippen LogP contribution in [-0.4, -0.2) is 15.4 Å². The molecule has 0 unspecified atom stereocenters. The van der Waals surface area contributed by atoms with Crippen molar-refractivity contribution in [2.75, 3.05) is 10.6 Å². The zero-order valence-corrected chi connectivity index (χ0v) is 13.6. The molecule has 124 valence electrons. The summed E-state index contributed by atoms with van der Waals surface area (Å²) >= 11 is 0. The van der Waals surface area contributed by atoms with E-state index in [1.54, 1.807) is 12.3 Å². The number of hydrogen-bond acceptors (Lipinski definition) is 3. The summed E-state index contributed by atoms with van der Waals surface area (Å²) in [6.45, 7) is 2.00. The summed E-state index contributed by atoms with van der Waals surface area (Å²) in [5.74, 6) is 1.14. The summed E-state index contributed by atoms with van der Waals surface area (Å²) in [5.41, 5.74) is 3.15. The number of rotatable bonds is 3. The van der Waals surface area contributed by atoms with Crippen LogP contribution < -0.4 is 10.6 Å². The van der Waals surface area contributed by atoms with Crippen LogP contribution in [0.2, 0.25) is 0 Å². The molecule has 25 heavy (non-hydrogen) atoms. The molecule has 0 atom stereocenters. The van der Waals surface area contributed by atoms with E-state index in [0.29, 0.717) is 17.3 Å². The topological polar surface area (TPSA) is 71.6 Å². The van der Waals surface area contributed by atoms with Crippen molar-refractivity contribution in [2.45, 2.75) is 6.92 Å². The highest BCUT2D eigenvalue weighted by Gasteiger charge is 2.18. The van der Waals surface area contributed by atoms with Gasteiger partial charge in [0.2, 0.25) is 0 Å². The molecular formula is C19H16N4O2. The highest BCUT2D eigenvalue weighted by atomic mass is 16.3. The summed E-state index contributed by atoms with van der Waals surface area (Å²) in [6.07, 6.45) is 3.42. The van der Waals surface area contributed by atoms with Gasteiger partial charge in [-0.25, -0.2) is 9.78 Å². The molecule has 1 aromatic carbocycles. The highest BCUT2D eigenvalue weighted by Crippen LogP contribution is 2.29. The molecule has 0 radical (unpaired) electrons. The number of aryl methyl sites for hydroxylation is 1. The van der Waals surface area contributed by atoms with Gasteiger partial charge in [-0.1, -0.05) is 23.8 Å². The highest BCUT2D eigenvalue weighted by molar-refractivity contribution is 6.01. The van der Waals surface area contributed by atoms with Gasteiger partial charge >= 0.3 is 6.03 Å². The molecule has 2 N–H and O–H groups in total. The summed E-state index contributed by atoms with van der Waals surface area (Å²) in [4.78, 5) is 17.0. The average molecular weight is 332 g/mol. The molecule has 0 aliphatic carbocycles. The van der Waals surface area contributed by atoms with Crippen LogP contribution >= 0.6 is 0 Å². The molecule has 0 fully saturated rings. The Morgan fingerprint density at radius 1 is 1.04 bits per heavy atom. The lowest BCUT2D eigenvalue weighted by Gasteiger charge is -2.09. The van der Waals surface area contributed by atoms with Gasteiger partial charge in [0.1, 0.15) is 17.2 Å². The van der Waals surface area contributed by atoms with Crippen molar-refractivity contribution in [1.29, 1.82) is 0 Å². The number of amides is 2. The van der Waals surface area contributed by atoms with Crippen LogP contribution in [0.3, 0.4) is 0 Å². The molecule has 0 aliphatic heterocycles. The van der Waals surface area contributed by atoms with Gasteiger partial charge in [0.15, 0.2) is 5.76 Å². The Balaban J connectivity index is 1.67. The summed E-state index contributed by atoms with van der Waals surface area (Å²) in [6, 6.07) is 16.5. The predicted molar refractivity (Wildman–Crippen MR) is 96.7 cm³/mol. The number of furan rings is 1. The summed E-state index contributed by atoms with van der Waals surface area (Å²) in [5, 5.41) is 5.70. The predicted octanol–water partition coefficient (Wildman–Crippen LogP) is 4.55. The van der Waals surface area contributed by atoms with Crippen molar-refractivity contribution in [3.05, 3.63) is 72.6 Å². The van der Waals surface area contributed by atoms with Crippen LogP contribution in [0.4, 0.5) is 16.3 Å². The van der Waals surface area contributed by atoms with Crippen LogP contribution in [0.15, 0.2) is 71.5 Å². The van der Waals surface area contributed by atoms with E-state index in [1.165, 1.54) is 0 Å². The van der Waals surface area contributed by atoms with Crippen LogP contribution in [0, 0.1) is 6.92 Å². The third kappa shape index (κ3) is 2.97. The molecule has 0 spiro atoms. The lowest BCUT2D eigenvalue weighted by molar-refractivity contribution is 0.262. The molecule has 4 aromatic rings. The minimum atomic E-state index is -0.345. The number of benzene rings is 1. The van der Waals surface area contributed by atoms with Crippen LogP contribution in [0.25, 0.3) is 17.1 Å². The van der Waals surface area contributed by atoms with Gasteiger partial charge in [0, 0.05) is 11.9 Å². The van der Waals surface area contributed by atoms with E-state index < -0.39 is 0 Å². The number of imidazole rings is 1. The number of aromatic nitrogens is 2. The third-order valence-corrected chi connectivity index (χ3v) is 3.83. The minimum Gasteiger partial charge on any atom is -0.463 e. The van der Waals surface area contributed by atoms with Crippen LogP contribution in [-0.2, 0) is 0 Å². The number of hydrogen-bond donors (Lipinski definition) is 2. The second kappa shape index (κ2) is 6.16. The number of nitrogens with zero attached hydrogens (tertiary/aromatic N) is 2. The molecule has 6 nitrogen and oxygen atoms in total. The van der Waals surface area contributed by atoms with Crippen molar-refractivity contribution < 1.29 is 9.21 Å². The van der Waals surface area contributed by atoms with Gasteiger partial charge in [-0.05, 0) is 43.3 Å². The van der Waals surface area contributed by atoms with E-state index in [0.717, 1.165) is 16.9 Å². The maximum absolute atomic E-state index is 12.4. The van der Waals surface area contributed by atoms with E-state index in [4.69, 9.17) is 4.42 Å². The molecule has 3 aromatic heterocycles. The first-order valence-corrected chi connectivity index (χ1v) is 7.86. The minimum absolute atomic E-state index is 0.345. The fourth-order valence-electron chi connectivity index (χ4n) is 2.61. The summed E-state index contributed by atoms with van der Waals surface area (Å²) < 4.78 is 7.27. The maximum Gasteiger partial charge on any atom is 0.324 e. The quantitative estimate of drug-likeness (QED) is 0.578. The Labute approximate surface area is 144 Å². The Morgan fingerprint density at radius 3 is 2.64 bits per heavy atom. The first kappa shape index (κ1) is 15.0. The zero-order chi connectivity index (χ0) is 17.2. The SMILES string of the molecule is Cc1ccc(NC(=O)Nc2c(-c3ccco3)nc3ccccn23)cc1. The largest absolute Gasteiger partial charge is 0.463 e. The fraction of sp³-hybridized carbons (Fsp3) is 0.0526. The van der Waals surface area contributed by atoms with Gasteiger partial charge in [0.25, 0.3) is 0 Å². The number of fused-ring (bicyclic) bond motifs is 1. The van der Waals surface area contributed by atoms with E-state index in [-0.39, 0.29) is 6.03 Å². The van der Waals surface area contributed by atoms with Crippen molar-refractivity contribution in [3.8, 4) is 11.5 Å². The molecule has 0 saturated carbocycles. The smallest absolute Gasteiger partial charge is 0.324 e. The average Bonchev–Trinajstić information content (AvgIpc) is 3.25. The van der Waals surface area contributed by atoms with Crippen molar-refractivity contribution >= 4 is 23.2 Å². The second-order valence-electron chi connectivity index (χ2n) is 5.66. The normalized spacial score (nSPS) is 10.8. The van der Waals surface area contributed by atoms with Gasteiger partial charge < -0.3 is 9.73 Å². The Hall–Kier alpha value is -3.54. The Morgan fingerprint density at radius 2 is 1.88 bits per heavy atom. The number of urea groups is 1. The van der Waals surface area contributed by atoms with Crippen molar-refractivity contribution in [2.24, 2.45) is 0 Å². The number of pyridine rings is 1. The van der Waals surface area contributed by atoms with Gasteiger partial charge in [0.05, 0.1) is 6.26 Å². The summed E-state index contributed by atoms with van der Waals surface area (Å²) in [7, 11) is 0. The monoisotopic (exact) mass is 332 g/mol. The molecule has 4 rings (SSSR count). The standard InChI is InChI=1S/C19H16N4O2/c1-13-7-9-14(10-8-13)20-19(24)22-18-17(15-5-4-12-25-15)21-16-6-2-3-11-23(16)18/h2-12H,1H3,(H2,20,22,24). The van der Waals surface area contributed by atoms with E-state index >= 15 is 0 Å². The van der Waals surface area contributed by atoms with E-state index in [9.17, 15) is 4.79 Å². The molecule has 6 heteroatoms. The van der Waals surface area contributed by atoms with Gasteiger partial charge in [-0.2, -0.15) is 0 Å². The molecule has 0 bridgehead atoms. The number of carbonyl (C=O) groups excluding carboxylic acids is 1. The fourth-order valence-corrected chi connectivity index (χ4v) is 2.61. The number of carbonyl (C=O) groups is 1. The number of anilines is 2. The second-order valence-corrected chi connectivity index (χ2v) is 5.66. The van der Waals surface area contributed by atoms with Crippen molar-refractivity contribution in [3.63, 3.8) is 0 Å². The third-order valence-electron chi connectivity index (χ3n) is 3.83. The lowest BCUT2D eigenvalue weighted by atomic mass is 10.2. The van der Waals surface area contributed by atoms with E-state index in [1.807, 2.05) is 66.1 Å². The number of nitrogens with one attached hydrogen (secondary N) is 2. The molecule has 0 saturated heterocycles. The molecule has 2 amide bonds. The molecular weight excluding hydrogens is 316 g/mol. The van der Waals surface area contributed by atoms with Crippen LogP contribution in [0.1, 0.15) is 5.56 Å². The van der Waals surface area contributed by atoms with Gasteiger partial charge in [-0.15, -0.1) is 0 Å². The molecule has 3 heterocycles. The lowest BCUT2D eigenvalue weighted by Crippen LogP contribution is -2.20. The van der Waals surface area contributed by atoms with Crippen molar-refractivity contribution in [1.82, 2.24) is 9.38 Å². The van der Waals surface area contributed by atoms with Gasteiger partial charge in [-0.3, -0.25) is 9.72 Å². The Kier molecular flexibility index (Phi) is 3.70.